The van der Waals surface area contributed by atoms with Crippen LogP contribution in [0.15, 0.2) is 42.5 Å². The van der Waals surface area contributed by atoms with Crippen LogP contribution in [0, 0.1) is 17.5 Å². The molecule has 0 aliphatic rings. The topological polar surface area (TPSA) is 38.3 Å². The van der Waals surface area contributed by atoms with E-state index in [0.29, 0.717) is 6.07 Å². The number of rotatable bonds is 7. The van der Waals surface area contributed by atoms with Crippen LogP contribution in [0.4, 0.5) is 13.2 Å². The minimum atomic E-state index is -1.24. The highest BCUT2D eigenvalue weighted by atomic mass is 19.2. The van der Waals surface area contributed by atoms with E-state index in [1.165, 1.54) is 7.11 Å². The summed E-state index contributed by atoms with van der Waals surface area (Å²) in [4.78, 5) is 11.6. The van der Waals surface area contributed by atoms with Crippen LogP contribution in [0.25, 0.3) is 0 Å². The lowest BCUT2D eigenvalue weighted by molar-refractivity contribution is -0.141. The lowest BCUT2D eigenvalue weighted by atomic mass is 10.00. The first kappa shape index (κ1) is 19.0. The number of carbonyl (C=O) groups is 1. The van der Waals surface area contributed by atoms with Gasteiger partial charge < -0.3 is 10.1 Å². The largest absolute Gasteiger partial charge is 0.469 e. The van der Waals surface area contributed by atoms with E-state index >= 15 is 0 Å². The van der Waals surface area contributed by atoms with Gasteiger partial charge in [0.05, 0.1) is 13.5 Å². The van der Waals surface area contributed by atoms with Gasteiger partial charge >= 0.3 is 5.97 Å². The van der Waals surface area contributed by atoms with Crippen LogP contribution in [-0.2, 0) is 16.0 Å². The predicted octanol–water partition coefficient (Wildman–Crippen LogP) is 3.93. The average molecular weight is 351 g/mol. The number of ether oxygens (including phenoxy) is 1. The molecule has 0 spiro atoms. The molecule has 0 radical (unpaired) electrons. The van der Waals surface area contributed by atoms with Crippen molar-refractivity contribution in [3.63, 3.8) is 0 Å². The first-order chi connectivity index (χ1) is 11.9. The third kappa shape index (κ3) is 5.32. The molecule has 0 aliphatic heterocycles. The first-order valence-electron chi connectivity index (χ1n) is 7.92. The fourth-order valence-electron chi connectivity index (χ4n) is 2.65. The van der Waals surface area contributed by atoms with Gasteiger partial charge in [0.2, 0.25) is 0 Å². The molecule has 0 aliphatic carbocycles. The maximum atomic E-state index is 13.9. The monoisotopic (exact) mass is 351 g/mol. The number of nitrogens with one attached hydrogen (secondary N) is 1. The van der Waals surface area contributed by atoms with E-state index in [1.54, 1.807) is 0 Å². The second kappa shape index (κ2) is 8.67. The van der Waals surface area contributed by atoms with Crippen molar-refractivity contribution in [3.05, 3.63) is 71.0 Å². The molecule has 3 nitrogen and oxygen atoms in total. The molecule has 0 aromatic heterocycles. The lowest BCUT2D eigenvalue weighted by Crippen LogP contribution is -2.36. The quantitative estimate of drug-likeness (QED) is 0.607. The van der Waals surface area contributed by atoms with E-state index < -0.39 is 29.5 Å². The number of carbonyl (C=O) groups excluding carboxylic acids is 1. The second-order valence-electron chi connectivity index (χ2n) is 5.84. The van der Waals surface area contributed by atoms with E-state index in [1.807, 2.05) is 37.3 Å². The Kier molecular flexibility index (Phi) is 6.58. The van der Waals surface area contributed by atoms with Gasteiger partial charge in [0.1, 0.15) is 5.82 Å². The van der Waals surface area contributed by atoms with Gasteiger partial charge in [-0.1, -0.05) is 30.3 Å². The van der Waals surface area contributed by atoms with Crippen molar-refractivity contribution in [1.29, 1.82) is 0 Å². The zero-order valence-corrected chi connectivity index (χ0v) is 14.1. The fraction of sp³-hybridized carbons (Fsp3) is 0.316. The molecular weight excluding hydrogens is 331 g/mol. The molecule has 2 atom stereocenters. The smallest absolute Gasteiger partial charge is 0.307 e. The summed E-state index contributed by atoms with van der Waals surface area (Å²) in [6, 6.07) is 10.2. The van der Waals surface area contributed by atoms with Gasteiger partial charge in [-0.15, -0.1) is 0 Å². The molecular formula is C19H20F3NO2. The van der Waals surface area contributed by atoms with Crippen molar-refractivity contribution >= 4 is 5.97 Å². The minimum Gasteiger partial charge on any atom is -0.469 e. The van der Waals surface area contributed by atoms with Crippen molar-refractivity contribution in [2.45, 2.75) is 31.8 Å². The SMILES string of the molecule is COC(=O)C[C@@H](Cc1cc(F)c(F)cc1F)N[C@H](C)c1ccccc1. The number of esters is 1. The molecule has 6 heteroatoms. The highest BCUT2D eigenvalue weighted by Crippen LogP contribution is 2.19. The van der Waals surface area contributed by atoms with Gasteiger partial charge in [0.15, 0.2) is 11.6 Å². The van der Waals surface area contributed by atoms with Gasteiger partial charge in [-0.05, 0) is 30.5 Å². The van der Waals surface area contributed by atoms with Gasteiger partial charge in [0, 0.05) is 18.2 Å². The number of methoxy groups -OCH3 is 1. The molecule has 0 heterocycles. The van der Waals surface area contributed by atoms with Crippen LogP contribution < -0.4 is 5.32 Å². The standard InChI is InChI=1S/C19H20F3NO2/c1-12(13-6-4-3-5-7-13)23-15(10-19(24)25-2)8-14-9-17(21)18(22)11-16(14)20/h3-7,9,11-12,15,23H,8,10H2,1-2H3/t12-,15-/m1/s1. The second-order valence-corrected chi connectivity index (χ2v) is 5.84. The molecule has 0 saturated carbocycles. The third-order valence-electron chi connectivity index (χ3n) is 3.98. The highest BCUT2D eigenvalue weighted by Gasteiger charge is 2.20. The molecule has 0 fully saturated rings. The maximum absolute atomic E-state index is 13.9. The Bertz CT molecular complexity index is 722. The number of hydrogen-bond acceptors (Lipinski definition) is 3. The predicted molar refractivity (Wildman–Crippen MR) is 88.4 cm³/mol. The molecule has 25 heavy (non-hydrogen) atoms. The Balaban J connectivity index is 2.18. The number of halogens is 3. The van der Waals surface area contributed by atoms with Crippen molar-refractivity contribution in [1.82, 2.24) is 5.32 Å². The van der Waals surface area contributed by atoms with Gasteiger partial charge in [-0.25, -0.2) is 13.2 Å². The molecule has 2 rings (SSSR count). The summed E-state index contributed by atoms with van der Waals surface area (Å²) in [6.45, 7) is 1.90. The van der Waals surface area contributed by atoms with Crippen LogP contribution in [0.3, 0.4) is 0 Å². The summed E-state index contributed by atoms with van der Waals surface area (Å²) in [5.74, 6) is -3.68. The van der Waals surface area contributed by atoms with Crippen LogP contribution in [0.2, 0.25) is 0 Å². The molecule has 134 valence electrons. The highest BCUT2D eigenvalue weighted by molar-refractivity contribution is 5.70. The third-order valence-corrected chi connectivity index (χ3v) is 3.98. The van der Waals surface area contributed by atoms with Gasteiger partial charge in [0.25, 0.3) is 0 Å². The zero-order valence-electron chi connectivity index (χ0n) is 14.1. The number of hydrogen-bond donors (Lipinski definition) is 1. The van der Waals surface area contributed by atoms with E-state index in [0.717, 1.165) is 11.6 Å². The van der Waals surface area contributed by atoms with Crippen molar-refractivity contribution in [2.75, 3.05) is 7.11 Å². The van der Waals surface area contributed by atoms with Crippen molar-refractivity contribution in [2.24, 2.45) is 0 Å². The molecule has 0 saturated heterocycles. The summed E-state index contributed by atoms with van der Waals surface area (Å²) >= 11 is 0. The summed E-state index contributed by atoms with van der Waals surface area (Å²) in [5, 5.41) is 3.22. The maximum Gasteiger partial charge on any atom is 0.307 e. The minimum absolute atomic E-state index is 0.000523. The Hall–Kier alpha value is -2.34. The van der Waals surface area contributed by atoms with E-state index in [-0.39, 0.29) is 24.4 Å². The number of benzene rings is 2. The molecule has 0 unspecified atom stereocenters. The molecule has 1 N–H and O–H groups in total. The normalized spacial score (nSPS) is 13.3. The molecule has 2 aromatic rings. The van der Waals surface area contributed by atoms with Crippen molar-refractivity contribution < 1.29 is 22.7 Å². The van der Waals surface area contributed by atoms with Crippen LogP contribution >= 0.6 is 0 Å². The van der Waals surface area contributed by atoms with E-state index in [4.69, 9.17) is 0 Å². The molecule has 2 aromatic carbocycles. The zero-order chi connectivity index (χ0) is 18.4. The Morgan fingerprint density at radius 1 is 1.08 bits per heavy atom. The summed E-state index contributed by atoms with van der Waals surface area (Å²) < 4.78 is 45.1. The summed E-state index contributed by atoms with van der Waals surface area (Å²) in [7, 11) is 1.26. The average Bonchev–Trinajstić information content (AvgIpc) is 2.60. The van der Waals surface area contributed by atoms with Crippen LogP contribution in [0.1, 0.15) is 30.5 Å². The Morgan fingerprint density at radius 3 is 2.36 bits per heavy atom. The van der Waals surface area contributed by atoms with Crippen LogP contribution in [0.5, 0.6) is 0 Å². The Morgan fingerprint density at radius 2 is 1.72 bits per heavy atom. The van der Waals surface area contributed by atoms with E-state index in [2.05, 4.69) is 10.1 Å². The molecule has 0 bridgehead atoms. The van der Waals surface area contributed by atoms with Gasteiger partial charge in [-0.2, -0.15) is 0 Å². The summed E-state index contributed by atoms with van der Waals surface area (Å²) in [6.07, 6.45) is 0.00140. The molecule has 0 amide bonds. The van der Waals surface area contributed by atoms with Gasteiger partial charge in [-0.3, -0.25) is 4.79 Å². The Labute approximate surface area is 144 Å². The van der Waals surface area contributed by atoms with E-state index in [9.17, 15) is 18.0 Å². The van der Waals surface area contributed by atoms with Crippen LogP contribution in [-0.4, -0.2) is 19.1 Å². The summed E-state index contributed by atoms with van der Waals surface area (Å²) in [5.41, 5.74) is 0.990. The van der Waals surface area contributed by atoms with Crippen molar-refractivity contribution in [3.8, 4) is 0 Å². The fourth-order valence-corrected chi connectivity index (χ4v) is 2.65. The first-order valence-corrected chi connectivity index (χ1v) is 7.92. The lowest BCUT2D eigenvalue weighted by Gasteiger charge is -2.23.